The number of carbonyl (C=O) groups excluding carboxylic acids is 1. The van der Waals surface area contributed by atoms with Gasteiger partial charge < -0.3 is 15.0 Å². The average molecular weight is 301 g/mol. The van der Waals surface area contributed by atoms with Crippen molar-refractivity contribution in [1.82, 2.24) is 14.8 Å². The quantitative estimate of drug-likeness (QED) is 0.907. The Hall–Kier alpha value is -1.85. The first-order valence-corrected chi connectivity index (χ1v) is 7.83. The van der Waals surface area contributed by atoms with E-state index in [4.69, 9.17) is 0 Å². The van der Waals surface area contributed by atoms with Crippen LogP contribution in [0.3, 0.4) is 0 Å². The number of nitrogens with zero attached hydrogens (tertiary/aromatic N) is 2. The fourth-order valence-electron chi connectivity index (χ4n) is 3.22. The van der Waals surface area contributed by atoms with Crippen LogP contribution in [0.25, 0.3) is 10.9 Å². The predicted molar refractivity (Wildman–Crippen MR) is 86.9 cm³/mol. The van der Waals surface area contributed by atoms with Gasteiger partial charge in [-0.1, -0.05) is 6.07 Å². The van der Waals surface area contributed by atoms with Gasteiger partial charge in [0, 0.05) is 49.5 Å². The maximum atomic E-state index is 12.7. The number of aliphatic hydroxyl groups is 1. The highest BCUT2D eigenvalue weighted by molar-refractivity contribution is 5.98. The molecule has 0 radical (unpaired) electrons. The van der Waals surface area contributed by atoms with Crippen LogP contribution in [0.5, 0.6) is 0 Å². The number of H-pyrrole nitrogens is 1. The lowest BCUT2D eigenvalue weighted by Gasteiger charge is -2.40. The molecule has 5 heteroatoms. The van der Waals surface area contributed by atoms with Gasteiger partial charge in [0.05, 0.1) is 6.10 Å². The summed E-state index contributed by atoms with van der Waals surface area (Å²) in [5, 5.41) is 10.6. The molecule has 0 saturated carbocycles. The second-order valence-electron chi connectivity index (χ2n) is 6.24. The second-order valence-corrected chi connectivity index (χ2v) is 6.24. The number of β-amino-alcohol motifs (C(OH)–C–C–N with tert-alkyl or cyclic N) is 1. The van der Waals surface area contributed by atoms with Crippen molar-refractivity contribution in [2.45, 2.75) is 26.0 Å². The van der Waals surface area contributed by atoms with E-state index in [2.05, 4.69) is 16.8 Å². The van der Waals surface area contributed by atoms with E-state index in [1.165, 1.54) is 0 Å². The summed E-state index contributed by atoms with van der Waals surface area (Å²) in [6.45, 7) is 6.86. The van der Waals surface area contributed by atoms with Gasteiger partial charge in [0.15, 0.2) is 0 Å². The van der Waals surface area contributed by atoms with Crippen LogP contribution in [0.15, 0.2) is 30.5 Å². The lowest BCUT2D eigenvalue weighted by atomic mass is 10.1. The van der Waals surface area contributed by atoms with Crippen molar-refractivity contribution in [2.75, 3.05) is 26.2 Å². The van der Waals surface area contributed by atoms with Crippen LogP contribution in [-0.2, 0) is 0 Å². The molecule has 118 valence electrons. The number of carbonyl (C=O) groups is 1. The van der Waals surface area contributed by atoms with Gasteiger partial charge in [-0.2, -0.15) is 0 Å². The van der Waals surface area contributed by atoms with Gasteiger partial charge >= 0.3 is 0 Å². The molecule has 1 saturated heterocycles. The van der Waals surface area contributed by atoms with E-state index in [9.17, 15) is 9.90 Å². The van der Waals surface area contributed by atoms with E-state index in [1.54, 1.807) is 6.92 Å². The van der Waals surface area contributed by atoms with Crippen molar-refractivity contribution in [2.24, 2.45) is 0 Å². The minimum absolute atomic E-state index is 0.0840. The summed E-state index contributed by atoms with van der Waals surface area (Å²) in [6.07, 6.45) is 1.56. The summed E-state index contributed by atoms with van der Waals surface area (Å²) in [6, 6.07) is 7.95. The molecule has 0 aliphatic carbocycles. The summed E-state index contributed by atoms with van der Waals surface area (Å²) in [5.41, 5.74) is 1.72. The summed E-state index contributed by atoms with van der Waals surface area (Å²) in [7, 11) is 0. The smallest absolute Gasteiger partial charge is 0.254 e. The van der Waals surface area contributed by atoms with Crippen molar-refractivity contribution in [3.8, 4) is 0 Å². The minimum Gasteiger partial charge on any atom is -0.392 e. The number of aromatic amines is 1. The fraction of sp³-hybridized carbons (Fsp3) is 0.471. The Labute approximate surface area is 130 Å². The van der Waals surface area contributed by atoms with Crippen molar-refractivity contribution in [1.29, 1.82) is 0 Å². The molecule has 1 amide bonds. The number of nitrogens with one attached hydrogen (secondary N) is 1. The molecule has 2 heterocycles. The van der Waals surface area contributed by atoms with Gasteiger partial charge in [-0.15, -0.1) is 0 Å². The average Bonchev–Trinajstić information content (AvgIpc) is 2.93. The van der Waals surface area contributed by atoms with E-state index in [1.807, 2.05) is 35.4 Å². The molecular weight excluding hydrogens is 278 g/mol. The van der Waals surface area contributed by atoms with Gasteiger partial charge in [0.25, 0.3) is 5.91 Å². The Morgan fingerprint density at radius 2 is 2.23 bits per heavy atom. The number of hydrogen-bond acceptors (Lipinski definition) is 3. The Morgan fingerprint density at radius 3 is 2.95 bits per heavy atom. The third-order valence-corrected chi connectivity index (χ3v) is 4.30. The first-order valence-electron chi connectivity index (χ1n) is 7.83. The molecule has 2 N–H and O–H groups in total. The van der Waals surface area contributed by atoms with Crippen LogP contribution in [-0.4, -0.2) is 64.1 Å². The third-order valence-electron chi connectivity index (χ3n) is 4.30. The highest BCUT2D eigenvalue weighted by Crippen LogP contribution is 2.18. The monoisotopic (exact) mass is 301 g/mol. The maximum absolute atomic E-state index is 12.7. The molecule has 2 aromatic rings. The Bertz CT molecular complexity index is 665. The van der Waals surface area contributed by atoms with Gasteiger partial charge in [-0.05, 0) is 37.4 Å². The molecule has 1 aliphatic heterocycles. The van der Waals surface area contributed by atoms with E-state index < -0.39 is 0 Å². The number of benzene rings is 1. The van der Waals surface area contributed by atoms with Crippen LogP contribution in [0.4, 0.5) is 0 Å². The van der Waals surface area contributed by atoms with Crippen molar-refractivity contribution in [3.63, 3.8) is 0 Å². The van der Waals surface area contributed by atoms with E-state index in [-0.39, 0.29) is 18.1 Å². The molecule has 0 unspecified atom stereocenters. The van der Waals surface area contributed by atoms with Gasteiger partial charge in [-0.3, -0.25) is 9.69 Å². The van der Waals surface area contributed by atoms with Crippen LogP contribution in [0.1, 0.15) is 24.2 Å². The summed E-state index contributed by atoms with van der Waals surface area (Å²) >= 11 is 0. The van der Waals surface area contributed by atoms with Gasteiger partial charge in [0.1, 0.15) is 0 Å². The molecule has 0 spiro atoms. The fourth-order valence-corrected chi connectivity index (χ4v) is 3.22. The zero-order chi connectivity index (χ0) is 15.7. The van der Waals surface area contributed by atoms with E-state index in [0.29, 0.717) is 13.1 Å². The number of aromatic nitrogens is 1. The molecule has 22 heavy (non-hydrogen) atoms. The lowest BCUT2D eigenvalue weighted by Crippen LogP contribution is -2.55. The SMILES string of the molecule is C[C@@H]1CN(C[C@@H](C)O)CCN1C(=O)c1ccc2cc[nH]c2c1. The predicted octanol–water partition coefficient (Wildman–Crippen LogP) is 1.69. The molecule has 0 bridgehead atoms. The summed E-state index contributed by atoms with van der Waals surface area (Å²) < 4.78 is 0. The zero-order valence-corrected chi connectivity index (χ0v) is 13.1. The number of fused-ring (bicyclic) bond motifs is 1. The normalized spacial score (nSPS) is 21.2. The standard InChI is InChI=1S/C17H23N3O2/c1-12-10-19(11-13(2)21)7-8-20(12)17(22)15-4-3-14-5-6-18-16(14)9-15/h3-6,9,12-13,18,21H,7-8,10-11H2,1-2H3/t12-,13-/m1/s1. The topological polar surface area (TPSA) is 59.6 Å². The molecule has 5 nitrogen and oxygen atoms in total. The van der Waals surface area contributed by atoms with E-state index >= 15 is 0 Å². The first kappa shape index (κ1) is 15.1. The molecule has 1 aromatic heterocycles. The van der Waals surface area contributed by atoms with Crippen molar-refractivity contribution < 1.29 is 9.90 Å². The van der Waals surface area contributed by atoms with E-state index in [0.717, 1.165) is 29.6 Å². The number of aliphatic hydroxyl groups excluding tert-OH is 1. The second kappa shape index (κ2) is 6.10. The van der Waals surface area contributed by atoms with Crippen LogP contribution >= 0.6 is 0 Å². The van der Waals surface area contributed by atoms with Gasteiger partial charge in [0.2, 0.25) is 0 Å². The molecule has 1 aromatic carbocycles. The highest BCUT2D eigenvalue weighted by Gasteiger charge is 2.28. The molecule has 1 aliphatic rings. The lowest BCUT2D eigenvalue weighted by molar-refractivity contribution is 0.0383. The zero-order valence-electron chi connectivity index (χ0n) is 13.1. The summed E-state index contributed by atoms with van der Waals surface area (Å²) in [4.78, 5) is 20.0. The molecule has 2 atom stereocenters. The Balaban J connectivity index is 1.72. The highest BCUT2D eigenvalue weighted by atomic mass is 16.3. The number of piperazine rings is 1. The van der Waals surface area contributed by atoms with Crippen LogP contribution < -0.4 is 0 Å². The number of hydrogen-bond donors (Lipinski definition) is 2. The van der Waals surface area contributed by atoms with Crippen molar-refractivity contribution >= 4 is 16.8 Å². The number of amides is 1. The van der Waals surface area contributed by atoms with Crippen LogP contribution in [0, 0.1) is 0 Å². The molecular formula is C17H23N3O2. The Morgan fingerprint density at radius 1 is 1.41 bits per heavy atom. The summed E-state index contributed by atoms with van der Waals surface area (Å²) in [5.74, 6) is 0.0840. The third kappa shape index (κ3) is 3.00. The number of rotatable bonds is 3. The molecule has 1 fully saturated rings. The van der Waals surface area contributed by atoms with Crippen LogP contribution in [0.2, 0.25) is 0 Å². The first-order chi connectivity index (χ1) is 10.5. The molecule has 3 rings (SSSR count). The Kier molecular flexibility index (Phi) is 4.18. The maximum Gasteiger partial charge on any atom is 0.254 e. The van der Waals surface area contributed by atoms with Gasteiger partial charge in [-0.25, -0.2) is 0 Å². The van der Waals surface area contributed by atoms with Crippen molar-refractivity contribution in [3.05, 3.63) is 36.0 Å². The largest absolute Gasteiger partial charge is 0.392 e. The minimum atomic E-state index is -0.329.